The Balaban J connectivity index is 1.98. The molecule has 1 aliphatic heterocycles. The van der Waals surface area contributed by atoms with Crippen LogP contribution in [0, 0.1) is 6.92 Å². The van der Waals surface area contributed by atoms with Crippen LogP contribution in [0.2, 0.25) is 0 Å². The van der Waals surface area contributed by atoms with Gasteiger partial charge in [0, 0.05) is 13.7 Å². The maximum atomic E-state index is 12.3. The number of fused-ring (bicyclic) bond motifs is 1. The van der Waals surface area contributed by atoms with E-state index in [-0.39, 0.29) is 18.6 Å². The molecule has 3 heterocycles. The standard InChI is InChI=1S/C16H21N5O2/c1-10-18-15(17)11-6-7-12(20-16(11)19-10)13-5-3-4-8-21(13)14(22)9-23-2/h6-7,13H,3-5,8-9H2,1-2H3,(H2,17,18,19,20)/t13-/m1/s1. The predicted octanol–water partition coefficient (Wildman–Crippen LogP) is 1.62. The zero-order chi connectivity index (χ0) is 16.4. The molecule has 2 aromatic rings. The average molecular weight is 315 g/mol. The number of amides is 1. The van der Waals surface area contributed by atoms with Crippen molar-refractivity contribution in [2.75, 3.05) is 26.0 Å². The maximum absolute atomic E-state index is 12.3. The van der Waals surface area contributed by atoms with Gasteiger partial charge in [0.25, 0.3) is 0 Å². The lowest BCUT2D eigenvalue weighted by atomic mass is 9.98. The van der Waals surface area contributed by atoms with E-state index in [4.69, 9.17) is 10.5 Å². The van der Waals surface area contributed by atoms with Crippen molar-refractivity contribution in [1.82, 2.24) is 19.9 Å². The van der Waals surface area contributed by atoms with Gasteiger partial charge in [-0.15, -0.1) is 0 Å². The monoisotopic (exact) mass is 315 g/mol. The number of aromatic nitrogens is 3. The fourth-order valence-corrected chi connectivity index (χ4v) is 3.09. The van der Waals surface area contributed by atoms with Crippen molar-refractivity contribution in [3.05, 3.63) is 23.7 Å². The molecule has 1 aliphatic rings. The van der Waals surface area contributed by atoms with E-state index in [9.17, 15) is 4.79 Å². The normalized spacial score (nSPS) is 18.3. The highest BCUT2D eigenvalue weighted by Gasteiger charge is 2.29. The maximum Gasteiger partial charge on any atom is 0.249 e. The summed E-state index contributed by atoms with van der Waals surface area (Å²) in [6.45, 7) is 2.62. The smallest absolute Gasteiger partial charge is 0.249 e. The predicted molar refractivity (Wildman–Crippen MR) is 86.7 cm³/mol. The van der Waals surface area contributed by atoms with E-state index in [1.54, 1.807) is 6.92 Å². The number of ether oxygens (including phenoxy) is 1. The van der Waals surface area contributed by atoms with Crippen LogP contribution in [0.1, 0.15) is 36.8 Å². The van der Waals surface area contributed by atoms with Crippen LogP contribution in [-0.4, -0.2) is 46.0 Å². The molecule has 2 aromatic heterocycles. The Morgan fingerprint density at radius 1 is 1.35 bits per heavy atom. The summed E-state index contributed by atoms with van der Waals surface area (Å²) in [7, 11) is 1.54. The molecule has 23 heavy (non-hydrogen) atoms. The molecule has 0 aliphatic carbocycles. The van der Waals surface area contributed by atoms with Gasteiger partial charge >= 0.3 is 0 Å². The van der Waals surface area contributed by atoms with Gasteiger partial charge in [0.1, 0.15) is 18.2 Å². The number of anilines is 1. The molecule has 2 N–H and O–H groups in total. The van der Waals surface area contributed by atoms with Crippen molar-refractivity contribution >= 4 is 22.8 Å². The number of piperidine rings is 1. The molecule has 0 aromatic carbocycles. The van der Waals surface area contributed by atoms with Gasteiger partial charge in [0.2, 0.25) is 5.91 Å². The van der Waals surface area contributed by atoms with Gasteiger partial charge in [-0.2, -0.15) is 0 Å². The lowest BCUT2D eigenvalue weighted by Gasteiger charge is -2.35. The van der Waals surface area contributed by atoms with Crippen LogP contribution in [0.15, 0.2) is 12.1 Å². The van der Waals surface area contributed by atoms with E-state index in [0.29, 0.717) is 17.3 Å². The number of carbonyl (C=O) groups excluding carboxylic acids is 1. The Kier molecular flexibility index (Phi) is 4.38. The van der Waals surface area contributed by atoms with Crippen LogP contribution in [0.4, 0.5) is 5.82 Å². The largest absolute Gasteiger partial charge is 0.383 e. The van der Waals surface area contributed by atoms with E-state index in [1.165, 1.54) is 7.11 Å². The summed E-state index contributed by atoms with van der Waals surface area (Å²) >= 11 is 0. The summed E-state index contributed by atoms with van der Waals surface area (Å²) in [4.78, 5) is 27.3. The van der Waals surface area contributed by atoms with Gasteiger partial charge in [0.05, 0.1) is 17.1 Å². The molecule has 0 bridgehead atoms. The van der Waals surface area contributed by atoms with Crippen molar-refractivity contribution < 1.29 is 9.53 Å². The van der Waals surface area contributed by atoms with Crippen LogP contribution < -0.4 is 5.73 Å². The van der Waals surface area contributed by atoms with E-state index >= 15 is 0 Å². The van der Waals surface area contributed by atoms with E-state index in [0.717, 1.165) is 36.9 Å². The number of aryl methyl sites for hydroxylation is 1. The number of hydrogen-bond donors (Lipinski definition) is 1. The molecule has 0 radical (unpaired) electrons. The number of pyridine rings is 1. The third-order valence-corrected chi connectivity index (χ3v) is 4.15. The first-order valence-electron chi connectivity index (χ1n) is 7.79. The van der Waals surface area contributed by atoms with Crippen molar-refractivity contribution in [3.8, 4) is 0 Å². The van der Waals surface area contributed by atoms with Gasteiger partial charge in [0.15, 0.2) is 5.65 Å². The lowest BCUT2D eigenvalue weighted by Crippen LogP contribution is -2.40. The Bertz CT molecular complexity index is 734. The number of likely N-dealkylation sites (tertiary alicyclic amines) is 1. The molecule has 0 spiro atoms. The summed E-state index contributed by atoms with van der Waals surface area (Å²) < 4.78 is 4.99. The second kappa shape index (κ2) is 6.45. The van der Waals surface area contributed by atoms with Crippen LogP contribution in [0.25, 0.3) is 11.0 Å². The Morgan fingerprint density at radius 3 is 2.96 bits per heavy atom. The number of methoxy groups -OCH3 is 1. The minimum Gasteiger partial charge on any atom is -0.383 e. The molecule has 122 valence electrons. The van der Waals surface area contributed by atoms with Gasteiger partial charge < -0.3 is 15.4 Å². The van der Waals surface area contributed by atoms with E-state index < -0.39 is 0 Å². The summed E-state index contributed by atoms with van der Waals surface area (Å²) in [6.07, 6.45) is 2.98. The second-order valence-electron chi connectivity index (χ2n) is 5.80. The molecule has 0 unspecified atom stereocenters. The lowest BCUT2D eigenvalue weighted by molar-refractivity contribution is -0.139. The van der Waals surface area contributed by atoms with Crippen molar-refractivity contribution in [2.24, 2.45) is 0 Å². The molecule has 1 fully saturated rings. The number of nitrogen functional groups attached to an aromatic ring is 1. The number of rotatable bonds is 3. The fraction of sp³-hybridized carbons (Fsp3) is 0.500. The number of carbonyl (C=O) groups is 1. The van der Waals surface area contributed by atoms with Gasteiger partial charge in [-0.3, -0.25) is 4.79 Å². The molecule has 1 saturated heterocycles. The van der Waals surface area contributed by atoms with Crippen molar-refractivity contribution in [1.29, 1.82) is 0 Å². The van der Waals surface area contributed by atoms with E-state index in [1.807, 2.05) is 17.0 Å². The number of nitrogens with zero attached hydrogens (tertiary/aromatic N) is 4. The minimum atomic E-state index is -0.0349. The Morgan fingerprint density at radius 2 is 2.17 bits per heavy atom. The highest BCUT2D eigenvalue weighted by molar-refractivity contribution is 5.85. The molecule has 3 rings (SSSR count). The highest BCUT2D eigenvalue weighted by Crippen LogP contribution is 2.31. The highest BCUT2D eigenvalue weighted by atomic mass is 16.5. The van der Waals surface area contributed by atoms with Crippen molar-refractivity contribution in [3.63, 3.8) is 0 Å². The fourth-order valence-electron chi connectivity index (χ4n) is 3.09. The minimum absolute atomic E-state index is 0.00233. The zero-order valence-electron chi connectivity index (χ0n) is 13.5. The molecular formula is C16H21N5O2. The molecule has 1 atom stereocenters. The zero-order valence-corrected chi connectivity index (χ0v) is 13.5. The molecular weight excluding hydrogens is 294 g/mol. The van der Waals surface area contributed by atoms with Gasteiger partial charge in [-0.05, 0) is 38.3 Å². The van der Waals surface area contributed by atoms with Crippen molar-refractivity contribution in [2.45, 2.75) is 32.2 Å². The first-order valence-corrected chi connectivity index (χ1v) is 7.79. The summed E-state index contributed by atoms with van der Waals surface area (Å²) in [6, 6.07) is 3.77. The summed E-state index contributed by atoms with van der Waals surface area (Å²) in [5, 5.41) is 0.741. The topological polar surface area (TPSA) is 94.2 Å². The molecule has 1 amide bonds. The van der Waals surface area contributed by atoms with Crippen LogP contribution in [0.3, 0.4) is 0 Å². The number of nitrogens with two attached hydrogens (primary N) is 1. The SMILES string of the molecule is COCC(=O)N1CCCC[C@@H]1c1ccc2c(N)nc(C)nc2n1. The quantitative estimate of drug-likeness (QED) is 0.925. The van der Waals surface area contributed by atoms with Gasteiger partial charge in [-0.1, -0.05) is 0 Å². The molecule has 7 nitrogen and oxygen atoms in total. The Labute approximate surface area is 134 Å². The third-order valence-electron chi connectivity index (χ3n) is 4.15. The number of hydrogen-bond acceptors (Lipinski definition) is 6. The van der Waals surface area contributed by atoms with Crippen LogP contribution in [0.5, 0.6) is 0 Å². The van der Waals surface area contributed by atoms with E-state index in [2.05, 4.69) is 15.0 Å². The van der Waals surface area contributed by atoms with Crippen LogP contribution >= 0.6 is 0 Å². The molecule has 0 saturated carbocycles. The van der Waals surface area contributed by atoms with Gasteiger partial charge in [-0.25, -0.2) is 15.0 Å². The Hall–Kier alpha value is -2.28. The second-order valence-corrected chi connectivity index (χ2v) is 5.80. The first-order chi connectivity index (χ1) is 11.1. The third kappa shape index (κ3) is 3.10. The summed E-state index contributed by atoms with van der Waals surface area (Å²) in [5.41, 5.74) is 7.36. The summed E-state index contributed by atoms with van der Waals surface area (Å²) in [5.74, 6) is 1.02. The first kappa shape index (κ1) is 15.6. The molecule has 7 heteroatoms. The average Bonchev–Trinajstić information content (AvgIpc) is 2.54. The van der Waals surface area contributed by atoms with Crippen LogP contribution in [-0.2, 0) is 9.53 Å².